The van der Waals surface area contributed by atoms with Crippen LogP contribution >= 0.6 is 12.2 Å². The molecule has 3 aromatic rings. The molecule has 2 heterocycles. The molecule has 0 atom stereocenters. The molecule has 9 heteroatoms. The zero-order chi connectivity index (χ0) is 22.8. The minimum Gasteiger partial charge on any atom is -0.497 e. The van der Waals surface area contributed by atoms with Gasteiger partial charge in [0, 0.05) is 18.0 Å². The van der Waals surface area contributed by atoms with Crippen molar-refractivity contribution in [1.29, 1.82) is 0 Å². The molecule has 2 amide bonds. The van der Waals surface area contributed by atoms with E-state index in [1.165, 1.54) is 31.3 Å². The third-order valence-corrected chi connectivity index (χ3v) is 5.20. The monoisotopic (exact) mass is 451 g/mol. The van der Waals surface area contributed by atoms with Crippen LogP contribution in [0.4, 0.5) is 10.1 Å². The van der Waals surface area contributed by atoms with Crippen LogP contribution in [0.3, 0.4) is 0 Å². The van der Waals surface area contributed by atoms with Crippen LogP contribution in [0.2, 0.25) is 0 Å². The van der Waals surface area contributed by atoms with E-state index in [1.54, 1.807) is 59.3 Å². The molecule has 1 saturated heterocycles. The molecule has 1 fully saturated rings. The fourth-order valence-electron chi connectivity index (χ4n) is 3.37. The van der Waals surface area contributed by atoms with Gasteiger partial charge in [-0.05, 0) is 54.7 Å². The summed E-state index contributed by atoms with van der Waals surface area (Å²) < 4.78 is 26.4. The van der Waals surface area contributed by atoms with Gasteiger partial charge in [0.1, 0.15) is 22.9 Å². The fraction of sp³-hybridized carbons (Fsp3) is 0.0870. The number of rotatable bonds is 5. The molecule has 0 aliphatic carbocycles. The average molecular weight is 451 g/mol. The van der Waals surface area contributed by atoms with Gasteiger partial charge in [-0.3, -0.25) is 14.9 Å². The van der Waals surface area contributed by atoms with Crippen LogP contribution in [0.25, 0.3) is 11.8 Å². The lowest BCUT2D eigenvalue weighted by Gasteiger charge is -2.30. The van der Waals surface area contributed by atoms with E-state index in [1.807, 2.05) is 0 Å². The number of hydrogen-bond donors (Lipinski definition) is 1. The minimum absolute atomic E-state index is 0.0786. The molecule has 0 bridgehead atoms. The number of nitrogens with one attached hydrogen (secondary N) is 1. The van der Waals surface area contributed by atoms with E-state index in [9.17, 15) is 14.0 Å². The topological polar surface area (TPSA) is 72.8 Å². The largest absolute Gasteiger partial charge is 0.497 e. The summed E-state index contributed by atoms with van der Waals surface area (Å²) in [6.07, 6.45) is 3.04. The van der Waals surface area contributed by atoms with Crippen molar-refractivity contribution in [3.05, 3.63) is 77.9 Å². The van der Waals surface area contributed by atoms with E-state index in [0.29, 0.717) is 22.9 Å². The Labute approximate surface area is 188 Å². The number of halogens is 1. The number of carbonyl (C=O) groups excluding carboxylic acids is 2. The Kier molecular flexibility index (Phi) is 5.74. The molecule has 1 aliphatic heterocycles. The van der Waals surface area contributed by atoms with Crippen LogP contribution < -0.4 is 19.7 Å². The molecule has 2 aromatic carbocycles. The van der Waals surface area contributed by atoms with Crippen molar-refractivity contribution in [2.45, 2.75) is 0 Å². The van der Waals surface area contributed by atoms with Crippen LogP contribution in [-0.2, 0) is 9.59 Å². The van der Waals surface area contributed by atoms with Crippen LogP contribution in [0.5, 0.6) is 11.5 Å². The summed E-state index contributed by atoms with van der Waals surface area (Å²) in [5.74, 6) is -0.851. The van der Waals surface area contributed by atoms with Crippen LogP contribution in [0.1, 0.15) is 5.69 Å². The van der Waals surface area contributed by atoms with E-state index < -0.39 is 17.6 Å². The Morgan fingerprint density at radius 1 is 1.00 bits per heavy atom. The molecular formula is C23H18FN3O4S. The highest BCUT2D eigenvalue weighted by molar-refractivity contribution is 7.80. The maximum atomic E-state index is 14.3. The third kappa shape index (κ3) is 3.74. The summed E-state index contributed by atoms with van der Waals surface area (Å²) >= 11 is 5.26. The second kappa shape index (κ2) is 8.64. The van der Waals surface area contributed by atoms with Crippen molar-refractivity contribution >= 4 is 40.9 Å². The summed E-state index contributed by atoms with van der Waals surface area (Å²) in [6, 6.07) is 14.4. The van der Waals surface area contributed by atoms with E-state index >= 15 is 0 Å². The number of methoxy groups -OCH3 is 2. The molecule has 0 radical (unpaired) electrons. The van der Waals surface area contributed by atoms with Crippen LogP contribution in [-0.4, -0.2) is 35.7 Å². The van der Waals surface area contributed by atoms with Gasteiger partial charge < -0.3 is 14.0 Å². The van der Waals surface area contributed by atoms with Gasteiger partial charge >= 0.3 is 0 Å². The highest BCUT2D eigenvalue weighted by Gasteiger charge is 2.36. The summed E-state index contributed by atoms with van der Waals surface area (Å²) in [5, 5.41) is 2.45. The lowest BCUT2D eigenvalue weighted by Crippen LogP contribution is -2.54. The second-order valence-corrected chi connectivity index (χ2v) is 7.14. The lowest BCUT2D eigenvalue weighted by atomic mass is 10.1. The molecule has 162 valence electrons. The average Bonchev–Trinajstić information content (AvgIpc) is 3.25. The third-order valence-electron chi connectivity index (χ3n) is 4.91. The number of aromatic nitrogens is 1. The number of amides is 2. The van der Waals surface area contributed by atoms with Gasteiger partial charge in [0.25, 0.3) is 11.8 Å². The molecule has 7 nitrogen and oxygen atoms in total. The molecule has 0 unspecified atom stereocenters. The van der Waals surface area contributed by atoms with E-state index in [-0.39, 0.29) is 16.4 Å². The standard InChI is InChI=1S/C23H18FN3O4S/c1-30-15-9-10-19(20(13-15)31-2)27-22(29)16(21(28)25-23(27)32)12-14-6-5-11-26(14)18-8-4-3-7-17(18)24/h3-13H,1-2H3,(H,25,28,32)/b16-12+. The number of carbonyl (C=O) groups is 2. The number of ether oxygens (including phenoxy) is 2. The Morgan fingerprint density at radius 3 is 2.50 bits per heavy atom. The number of anilines is 1. The quantitative estimate of drug-likeness (QED) is 0.365. The number of nitrogens with zero attached hydrogens (tertiary/aromatic N) is 2. The van der Waals surface area contributed by atoms with E-state index in [0.717, 1.165) is 0 Å². The Hall–Kier alpha value is -3.98. The molecule has 0 spiro atoms. The Bertz CT molecular complexity index is 1270. The lowest BCUT2D eigenvalue weighted by molar-refractivity contribution is -0.122. The summed E-state index contributed by atoms with van der Waals surface area (Å²) in [6.45, 7) is 0. The van der Waals surface area contributed by atoms with Gasteiger partial charge in [-0.1, -0.05) is 12.1 Å². The second-order valence-electron chi connectivity index (χ2n) is 6.75. The molecule has 1 N–H and O–H groups in total. The van der Waals surface area contributed by atoms with Crippen LogP contribution in [0.15, 0.2) is 66.4 Å². The molecule has 1 aliphatic rings. The summed E-state index contributed by atoms with van der Waals surface area (Å²) in [4.78, 5) is 27.2. The normalized spacial score (nSPS) is 15.2. The first-order chi connectivity index (χ1) is 15.4. The van der Waals surface area contributed by atoms with Crippen molar-refractivity contribution in [3.8, 4) is 17.2 Å². The predicted octanol–water partition coefficient (Wildman–Crippen LogP) is 3.46. The Morgan fingerprint density at radius 2 is 1.78 bits per heavy atom. The molecule has 4 rings (SSSR count). The molecule has 32 heavy (non-hydrogen) atoms. The maximum Gasteiger partial charge on any atom is 0.270 e. The highest BCUT2D eigenvalue weighted by Crippen LogP contribution is 2.34. The van der Waals surface area contributed by atoms with Gasteiger partial charge in [-0.25, -0.2) is 9.29 Å². The number of thiocarbonyl (C=S) groups is 1. The van der Waals surface area contributed by atoms with Gasteiger partial charge in [-0.2, -0.15) is 0 Å². The summed E-state index contributed by atoms with van der Waals surface area (Å²) in [5.41, 5.74) is 0.923. The van der Waals surface area contributed by atoms with Crippen molar-refractivity contribution in [3.63, 3.8) is 0 Å². The van der Waals surface area contributed by atoms with Gasteiger partial charge in [-0.15, -0.1) is 0 Å². The number of para-hydroxylation sites is 1. The highest BCUT2D eigenvalue weighted by atomic mass is 32.1. The zero-order valence-corrected chi connectivity index (χ0v) is 18.0. The first-order valence-electron chi connectivity index (χ1n) is 9.50. The van der Waals surface area contributed by atoms with Crippen molar-refractivity contribution in [1.82, 2.24) is 9.88 Å². The van der Waals surface area contributed by atoms with Gasteiger partial charge in [0.2, 0.25) is 0 Å². The van der Waals surface area contributed by atoms with E-state index in [2.05, 4.69) is 5.32 Å². The number of hydrogen-bond acceptors (Lipinski definition) is 5. The van der Waals surface area contributed by atoms with Gasteiger partial charge in [0.15, 0.2) is 5.11 Å². The van der Waals surface area contributed by atoms with Gasteiger partial charge in [0.05, 0.1) is 25.6 Å². The zero-order valence-electron chi connectivity index (χ0n) is 17.2. The predicted molar refractivity (Wildman–Crippen MR) is 121 cm³/mol. The molecule has 1 aromatic heterocycles. The van der Waals surface area contributed by atoms with Crippen molar-refractivity contribution < 1.29 is 23.5 Å². The smallest absolute Gasteiger partial charge is 0.270 e. The first kappa shape index (κ1) is 21.3. The maximum absolute atomic E-state index is 14.3. The van der Waals surface area contributed by atoms with Crippen molar-refractivity contribution in [2.24, 2.45) is 0 Å². The van der Waals surface area contributed by atoms with Crippen molar-refractivity contribution in [2.75, 3.05) is 19.1 Å². The molecular weight excluding hydrogens is 433 g/mol. The molecule has 0 saturated carbocycles. The number of benzene rings is 2. The SMILES string of the molecule is COc1ccc(N2C(=O)/C(=C/c3cccn3-c3ccccc3F)C(=O)NC2=S)c(OC)c1. The Balaban J connectivity index is 1.78. The van der Waals surface area contributed by atoms with Crippen LogP contribution in [0, 0.1) is 5.82 Å². The minimum atomic E-state index is -0.648. The van der Waals surface area contributed by atoms with E-state index in [4.69, 9.17) is 21.7 Å². The first-order valence-corrected chi connectivity index (χ1v) is 9.91. The fourth-order valence-corrected chi connectivity index (χ4v) is 3.65. The summed E-state index contributed by atoms with van der Waals surface area (Å²) in [7, 11) is 2.96.